The maximum atomic E-state index is 10.9. The van der Waals surface area contributed by atoms with Gasteiger partial charge in [-0.1, -0.05) is 37.0 Å². The second-order valence-corrected chi connectivity index (χ2v) is 3.87. The molecule has 0 amide bonds. The number of rotatable bonds is 0. The molecular formula is C7H8Cl2O. The van der Waals surface area contributed by atoms with Crippen molar-refractivity contribution in [2.24, 2.45) is 5.41 Å². The monoisotopic (exact) mass is 178 g/mol. The first-order chi connectivity index (χ1) is 4.45. The first kappa shape index (κ1) is 8.09. The van der Waals surface area contributed by atoms with Crippen molar-refractivity contribution in [3.63, 3.8) is 0 Å². The van der Waals surface area contributed by atoms with Crippen molar-refractivity contribution in [1.82, 2.24) is 0 Å². The lowest BCUT2D eigenvalue weighted by Crippen LogP contribution is -2.07. The molecule has 0 N–H and O–H groups in total. The van der Waals surface area contributed by atoms with Gasteiger partial charge in [-0.05, 0) is 0 Å². The number of Topliss-reactive ketones (excluding diaryl/α,β-unsaturated/α-hetero) is 1. The molecule has 0 aromatic carbocycles. The van der Waals surface area contributed by atoms with Crippen LogP contribution in [0, 0.1) is 5.41 Å². The fourth-order valence-corrected chi connectivity index (χ4v) is 1.47. The maximum absolute atomic E-state index is 10.9. The zero-order chi connectivity index (χ0) is 7.94. The Hall–Kier alpha value is -0.0100. The second-order valence-electron chi connectivity index (χ2n) is 3.11. The summed E-state index contributed by atoms with van der Waals surface area (Å²) in [6.07, 6.45) is 0.435. The predicted molar refractivity (Wildman–Crippen MR) is 42.1 cm³/mol. The highest BCUT2D eigenvalue weighted by Crippen LogP contribution is 2.43. The zero-order valence-electron chi connectivity index (χ0n) is 5.87. The fourth-order valence-electron chi connectivity index (χ4n) is 0.976. The highest BCUT2D eigenvalue weighted by Gasteiger charge is 2.36. The second kappa shape index (κ2) is 2.24. The molecule has 1 aliphatic carbocycles. The van der Waals surface area contributed by atoms with Crippen LogP contribution in [0.2, 0.25) is 0 Å². The van der Waals surface area contributed by atoms with Gasteiger partial charge < -0.3 is 0 Å². The summed E-state index contributed by atoms with van der Waals surface area (Å²) in [6.45, 7) is 3.81. The minimum absolute atomic E-state index is 0.0448. The molecule has 1 rings (SSSR count). The number of carbonyl (C=O) groups is 1. The first-order valence-corrected chi connectivity index (χ1v) is 3.80. The zero-order valence-corrected chi connectivity index (χ0v) is 7.38. The Morgan fingerprint density at radius 1 is 1.40 bits per heavy atom. The largest absolute Gasteiger partial charge is 0.293 e. The molecule has 0 unspecified atom stereocenters. The van der Waals surface area contributed by atoms with Crippen molar-refractivity contribution in [2.45, 2.75) is 20.3 Å². The third-order valence-corrected chi connectivity index (χ3v) is 2.83. The van der Waals surface area contributed by atoms with E-state index in [-0.39, 0.29) is 16.2 Å². The standard InChI is InChI=1S/C7H8Cl2O/c1-7(2)3-4(10)5(8)6(7)9/h3H2,1-2H3. The number of hydrogen-bond donors (Lipinski definition) is 0. The van der Waals surface area contributed by atoms with Gasteiger partial charge in [-0.3, -0.25) is 4.79 Å². The van der Waals surface area contributed by atoms with Crippen molar-refractivity contribution in [3.8, 4) is 0 Å². The van der Waals surface area contributed by atoms with Gasteiger partial charge in [0.2, 0.25) is 0 Å². The Balaban J connectivity index is 3.06. The molecule has 0 bridgehead atoms. The molecule has 0 aliphatic heterocycles. The molecule has 10 heavy (non-hydrogen) atoms. The van der Waals surface area contributed by atoms with Crippen LogP contribution in [0.1, 0.15) is 20.3 Å². The average Bonchev–Trinajstić information content (AvgIpc) is 1.95. The summed E-state index contributed by atoms with van der Waals surface area (Å²) < 4.78 is 0. The van der Waals surface area contributed by atoms with Crippen LogP contribution in [0.4, 0.5) is 0 Å². The van der Waals surface area contributed by atoms with Gasteiger partial charge in [-0.2, -0.15) is 0 Å². The van der Waals surface area contributed by atoms with E-state index in [1.807, 2.05) is 13.8 Å². The third kappa shape index (κ3) is 1.08. The van der Waals surface area contributed by atoms with E-state index in [1.54, 1.807) is 0 Å². The van der Waals surface area contributed by atoms with Gasteiger partial charge in [0.25, 0.3) is 0 Å². The number of hydrogen-bond acceptors (Lipinski definition) is 1. The molecule has 56 valence electrons. The van der Waals surface area contributed by atoms with Crippen LogP contribution in [-0.4, -0.2) is 5.78 Å². The van der Waals surface area contributed by atoms with Crippen molar-refractivity contribution in [1.29, 1.82) is 0 Å². The van der Waals surface area contributed by atoms with Crippen LogP contribution in [0.15, 0.2) is 10.1 Å². The van der Waals surface area contributed by atoms with Gasteiger partial charge in [-0.15, -0.1) is 0 Å². The quantitative estimate of drug-likeness (QED) is 0.558. The summed E-state index contributed by atoms with van der Waals surface area (Å²) >= 11 is 11.4. The first-order valence-electron chi connectivity index (χ1n) is 3.04. The van der Waals surface area contributed by atoms with E-state index in [0.29, 0.717) is 11.5 Å². The highest BCUT2D eigenvalue weighted by atomic mass is 35.5. The number of allylic oxidation sites excluding steroid dienone is 2. The molecule has 0 heterocycles. The van der Waals surface area contributed by atoms with Crippen LogP contribution in [0.3, 0.4) is 0 Å². The fraction of sp³-hybridized carbons (Fsp3) is 0.571. The molecular weight excluding hydrogens is 171 g/mol. The molecule has 0 aromatic heterocycles. The third-order valence-electron chi connectivity index (χ3n) is 1.63. The van der Waals surface area contributed by atoms with Crippen molar-refractivity contribution < 1.29 is 4.79 Å². The van der Waals surface area contributed by atoms with Gasteiger partial charge in [0, 0.05) is 16.9 Å². The Bertz CT molecular complexity index is 216. The van der Waals surface area contributed by atoms with Crippen LogP contribution < -0.4 is 0 Å². The van der Waals surface area contributed by atoms with Crippen molar-refractivity contribution in [2.75, 3.05) is 0 Å². The van der Waals surface area contributed by atoms with E-state index in [0.717, 1.165) is 0 Å². The molecule has 0 radical (unpaired) electrons. The summed E-state index contributed by atoms with van der Waals surface area (Å²) in [6, 6.07) is 0. The summed E-state index contributed by atoms with van der Waals surface area (Å²) in [5.74, 6) is -0.0448. The molecule has 0 saturated heterocycles. The molecule has 0 atom stereocenters. The molecule has 0 aromatic rings. The minimum atomic E-state index is -0.240. The van der Waals surface area contributed by atoms with E-state index in [9.17, 15) is 4.79 Å². The summed E-state index contributed by atoms with van der Waals surface area (Å²) in [5.41, 5.74) is -0.240. The van der Waals surface area contributed by atoms with E-state index in [4.69, 9.17) is 23.2 Å². The average molecular weight is 179 g/mol. The SMILES string of the molecule is CC1(C)CC(=O)C(Cl)=C1Cl. The van der Waals surface area contributed by atoms with Gasteiger partial charge in [0.1, 0.15) is 0 Å². The van der Waals surface area contributed by atoms with Crippen LogP contribution in [0.5, 0.6) is 0 Å². The smallest absolute Gasteiger partial charge is 0.176 e. The molecule has 0 saturated carbocycles. The van der Waals surface area contributed by atoms with Crippen LogP contribution >= 0.6 is 23.2 Å². The molecule has 1 aliphatic rings. The summed E-state index contributed by atoms with van der Waals surface area (Å²) in [7, 11) is 0. The number of halogens is 2. The molecule has 0 fully saturated rings. The lowest BCUT2D eigenvalue weighted by atomic mass is 9.93. The number of ketones is 1. The molecule has 0 spiro atoms. The molecule has 1 nitrogen and oxygen atoms in total. The number of carbonyl (C=O) groups excluding carboxylic acids is 1. The normalized spacial score (nSPS) is 24.2. The minimum Gasteiger partial charge on any atom is -0.293 e. The van der Waals surface area contributed by atoms with Gasteiger partial charge in [-0.25, -0.2) is 0 Å². The van der Waals surface area contributed by atoms with E-state index >= 15 is 0 Å². The molecule has 3 heteroatoms. The van der Waals surface area contributed by atoms with Crippen molar-refractivity contribution in [3.05, 3.63) is 10.1 Å². The Labute approximate surface area is 70.0 Å². The van der Waals surface area contributed by atoms with Crippen LogP contribution in [0.25, 0.3) is 0 Å². The van der Waals surface area contributed by atoms with Crippen LogP contribution in [-0.2, 0) is 4.79 Å². The lowest BCUT2D eigenvalue weighted by Gasteiger charge is -2.14. The van der Waals surface area contributed by atoms with Gasteiger partial charge in [0.05, 0.1) is 5.03 Å². The predicted octanol–water partition coefficient (Wildman–Crippen LogP) is 2.67. The van der Waals surface area contributed by atoms with Gasteiger partial charge in [0.15, 0.2) is 5.78 Å². The summed E-state index contributed by atoms with van der Waals surface area (Å²) in [4.78, 5) is 10.9. The van der Waals surface area contributed by atoms with E-state index in [1.165, 1.54) is 0 Å². The van der Waals surface area contributed by atoms with E-state index < -0.39 is 0 Å². The van der Waals surface area contributed by atoms with Gasteiger partial charge >= 0.3 is 0 Å². The van der Waals surface area contributed by atoms with Crippen molar-refractivity contribution >= 4 is 29.0 Å². The lowest BCUT2D eigenvalue weighted by molar-refractivity contribution is -0.115. The van der Waals surface area contributed by atoms with E-state index in [2.05, 4.69) is 0 Å². The Kier molecular flexibility index (Phi) is 1.82. The maximum Gasteiger partial charge on any atom is 0.176 e. The topological polar surface area (TPSA) is 17.1 Å². The summed E-state index contributed by atoms with van der Waals surface area (Å²) in [5, 5.41) is 0.714. The Morgan fingerprint density at radius 2 is 1.90 bits per heavy atom. The Morgan fingerprint density at radius 3 is 2.00 bits per heavy atom. The highest BCUT2D eigenvalue weighted by molar-refractivity contribution is 6.50.